The van der Waals surface area contributed by atoms with Crippen LogP contribution in [0.2, 0.25) is 0 Å². The number of carbonyl (C=O) groups is 2. The largest absolute Gasteiger partial charge is 0.489 e. The first-order chi connectivity index (χ1) is 15.0. The maximum Gasteiger partial charge on any atom is 0.321 e. The van der Waals surface area contributed by atoms with E-state index in [1.54, 1.807) is 4.90 Å². The van der Waals surface area contributed by atoms with Crippen LogP contribution in [0.15, 0.2) is 72.8 Å². The van der Waals surface area contributed by atoms with E-state index >= 15 is 0 Å². The first-order valence-electron chi connectivity index (χ1n) is 10.2. The summed E-state index contributed by atoms with van der Waals surface area (Å²) < 4.78 is 5.85. The molecule has 1 atom stereocenters. The van der Waals surface area contributed by atoms with Crippen LogP contribution in [-0.2, 0) is 22.6 Å². The molecule has 31 heavy (non-hydrogen) atoms. The molecule has 1 aliphatic rings. The number of amides is 1. The Morgan fingerprint density at radius 3 is 2.42 bits per heavy atom. The Labute approximate surface area is 180 Å². The predicted molar refractivity (Wildman–Crippen MR) is 119 cm³/mol. The molecule has 158 valence electrons. The lowest BCUT2D eigenvalue weighted by atomic mass is 10.0. The average Bonchev–Trinajstić information content (AvgIpc) is 3.22. The highest BCUT2D eigenvalue weighted by molar-refractivity contribution is 5.98. The average molecular weight is 416 g/mol. The quantitative estimate of drug-likeness (QED) is 0.614. The third-order valence-corrected chi connectivity index (χ3v) is 5.42. The predicted octanol–water partition coefficient (Wildman–Crippen LogP) is 3.62. The molecule has 0 spiro atoms. The van der Waals surface area contributed by atoms with Gasteiger partial charge in [-0.25, -0.2) is 0 Å². The highest BCUT2D eigenvalue weighted by Crippen LogP contribution is 2.33. The maximum atomic E-state index is 12.4. The van der Waals surface area contributed by atoms with Gasteiger partial charge in [0.1, 0.15) is 18.4 Å². The van der Waals surface area contributed by atoms with Gasteiger partial charge in [-0.1, -0.05) is 48.5 Å². The number of carbonyl (C=O) groups excluding carboxylic acids is 1. The lowest BCUT2D eigenvalue weighted by Gasteiger charge is -2.19. The van der Waals surface area contributed by atoms with Crippen LogP contribution in [0, 0.1) is 0 Å². The van der Waals surface area contributed by atoms with E-state index in [0.717, 1.165) is 40.1 Å². The number of carboxylic acids is 1. The second-order valence-electron chi connectivity index (χ2n) is 7.59. The fourth-order valence-corrected chi connectivity index (χ4v) is 3.71. The molecule has 0 aromatic heterocycles. The van der Waals surface area contributed by atoms with E-state index in [1.807, 2.05) is 66.7 Å². The third-order valence-electron chi connectivity index (χ3n) is 5.42. The van der Waals surface area contributed by atoms with Crippen molar-refractivity contribution >= 4 is 17.6 Å². The van der Waals surface area contributed by atoms with Gasteiger partial charge in [0.15, 0.2) is 0 Å². The molecule has 0 bridgehead atoms. The number of ether oxygens (including phenoxy) is 1. The van der Waals surface area contributed by atoms with Gasteiger partial charge >= 0.3 is 5.97 Å². The summed E-state index contributed by atoms with van der Waals surface area (Å²) in [4.78, 5) is 25.0. The third kappa shape index (κ3) is 4.75. The number of hydrogen-bond acceptors (Lipinski definition) is 4. The number of carboxylic acid groups (broad SMARTS) is 1. The van der Waals surface area contributed by atoms with Crippen LogP contribution in [0.4, 0.5) is 5.69 Å². The molecule has 1 aliphatic heterocycles. The monoisotopic (exact) mass is 416 g/mol. The zero-order valence-electron chi connectivity index (χ0n) is 17.0. The molecule has 0 aliphatic carbocycles. The van der Waals surface area contributed by atoms with Gasteiger partial charge < -0.3 is 20.5 Å². The molecule has 4 rings (SSSR count). The van der Waals surface area contributed by atoms with Crippen molar-refractivity contribution in [1.29, 1.82) is 0 Å². The van der Waals surface area contributed by atoms with Crippen LogP contribution in [0.3, 0.4) is 0 Å². The van der Waals surface area contributed by atoms with Crippen LogP contribution < -0.4 is 15.4 Å². The molecular formula is C25H24N2O4. The minimum atomic E-state index is -1.18. The summed E-state index contributed by atoms with van der Waals surface area (Å²) in [5.74, 6) is -0.624. The summed E-state index contributed by atoms with van der Waals surface area (Å²) in [5.41, 5.74) is 10.7. The van der Waals surface area contributed by atoms with Crippen LogP contribution in [0.25, 0.3) is 11.1 Å². The lowest BCUT2D eigenvalue weighted by Crippen LogP contribution is -2.38. The van der Waals surface area contributed by atoms with Gasteiger partial charge in [0.25, 0.3) is 0 Å². The van der Waals surface area contributed by atoms with E-state index in [1.165, 1.54) is 0 Å². The van der Waals surface area contributed by atoms with Crippen molar-refractivity contribution in [2.45, 2.75) is 25.5 Å². The number of nitrogens with zero attached hydrogens (tertiary/aromatic N) is 1. The topological polar surface area (TPSA) is 92.9 Å². The molecule has 0 radical (unpaired) electrons. The Balaban J connectivity index is 1.43. The Morgan fingerprint density at radius 2 is 1.71 bits per heavy atom. The van der Waals surface area contributed by atoms with Gasteiger partial charge in [-0.05, 0) is 52.9 Å². The van der Waals surface area contributed by atoms with Gasteiger partial charge in [-0.2, -0.15) is 0 Å². The Kier molecular flexibility index (Phi) is 6.00. The van der Waals surface area contributed by atoms with Crippen molar-refractivity contribution in [2.24, 2.45) is 5.73 Å². The fraction of sp³-hybridized carbons (Fsp3) is 0.200. The van der Waals surface area contributed by atoms with Crippen molar-refractivity contribution in [3.63, 3.8) is 0 Å². The summed E-state index contributed by atoms with van der Waals surface area (Å²) in [7, 11) is 0. The van der Waals surface area contributed by atoms with Gasteiger partial charge in [0, 0.05) is 12.2 Å². The van der Waals surface area contributed by atoms with Crippen LogP contribution in [-0.4, -0.2) is 29.6 Å². The molecule has 6 nitrogen and oxygen atoms in total. The van der Waals surface area contributed by atoms with Crippen molar-refractivity contribution in [2.75, 3.05) is 11.4 Å². The highest BCUT2D eigenvalue weighted by atomic mass is 16.5. The Hall–Kier alpha value is -3.64. The van der Waals surface area contributed by atoms with Gasteiger partial charge in [-0.3, -0.25) is 9.59 Å². The summed E-state index contributed by atoms with van der Waals surface area (Å²) in [6.45, 7) is 1.06. The Morgan fingerprint density at radius 1 is 1.00 bits per heavy atom. The van der Waals surface area contributed by atoms with Crippen molar-refractivity contribution in [3.05, 3.63) is 83.9 Å². The molecular weight excluding hydrogens is 392 g/mol. The van der Waals surface area contributed by atoms with E-state index < -0.39 is 12.0 Å². The van der Waals surface area contributed by atoms with E-state index in [2.05, 4.69) is 6.07 Å². The molecule has 0 saturated carbocycles. The number of anilines is 1. The molecule has 3 aromatic rings. The number of nitrogens with two attached hydrogens (primary N) is 1. The first-order valence-corrected chi connectivity index (χ1v) is 10.2. The minimum Gasteiger partial charge on any atom is -0.489 e. The number of hydrogen-bond donors (Lipinski definition) is 2. The molecule has 3 N–H and O–H groups in total. The normalized spacial score (nSPS) is 13.5. The highest BCUT2D eigenvalue weighted by Gasteiger charge is 2.27. The van der Waals surface area contributed by atoms with E-state index in [0.29, 0.717) is 13.2 Å². The summed E-state index contributed by atoms with van der Waals surface area (Å²) >= 11 is 0. The fourth-order valence-electron chi connectivity index (χ4n) is 3.71. The Bertz CT molecular complexity index is 1080. The SMILES string of the molecule is NC(CC(=O)N1CCc2cc(-c3ccc(OCc4ccccc4)cc3)ccc21)C(=O)O. The molecule has 1 heterocycles. The standard InChI is InChI=1S/C25H24N2O4/c26-22(25(29)30)15-24(28)27-13-12-20-14-19(8-11-23(20)27)18-6-9-21(10-7-18)31-16-17-4-2-1-3-5-17/h1-11,14,22H,12-13,15-16,26H2,(H,29,30). The minimum absolute atomic E-state index is 0.207. The van der Waals surface area contributed by atoms with Crippen molar-refractivity contribution in [1.82, 2.24) is 0 Å². The molecule has 1 amide bonds. The van der Waals surface area contributed by atoms with Crippen LogP contribution >= 0.6 is 0 Å². The van der Waals surface area contributed by atoms with Crippen LogP contribution in [0.5, 0.6) is 5.75 Å². The molecule has 3 aromatic carbocycles. The second kappa shape index (κ2) is 9.02. The molecule has 1 unspecified atom stereocenters. The number of fused-ring (bicyclic) bond motifs is 1. The van der Waals surface area contributed by atoms with E-state index in [4.69, 9.17) is 15.6 Å². The summed E-state index contributed by atoms with van der Waals surface area (Å²) in [6.07, 6.45) is 0.524. The molecule has 0 saturated heterocycles. The number of benzene rings is 3. The van der Waals surface area contributed by atoms with Crippen molar-refractivity contribution < 1.29 is 19.4 Å². The maximum absolute atomic E-state index is 12.4. The number of aliphatic carboxylic acids is 1. The zero-order chi connectivity index (χ0) is 21.8. The first kappa shape index (κ1) is 20.6. The van der Waals surface area contributed by atoms with E-state index in [-0.39, 0.29) is 12.3 Å². The second-order valence-corrected chi connectivity index (χ2v) is 7.59. The lowest BCUT2D eigenvalue weighted by molar-refractivity contribution is -0.140. The summed E-state index contributed by atoms with van der Waals surface area (Å²) in [5, 5.41) is 8.94. The molecule has 6 heteroatoms. The van der Waals surface area contributed by atoms with Gasteiger partial charge in [0.05, 0.1) is 6.42 Å². The smallest absolute Gasteiger partial charge is 0.321 e. The van der Waals surface area contributed by atoms with E-state index in [9.17, 15) is 9.59 Å². The summed E-state index contributed by atoms with van der Waals surface area (Å²) in [6, 6.07) is 22.8. The molecule has 0 fully saturated rings. The van der Waals surface area contributed by atoms with Crippen LogP contribution in [0.1, 0.15) is 17.5 Å². The van der Waals surface area contributed by atoms with Gasteiger partial charge in [-0.15, -0.1) is 0 Å². The zero-order valence-corrected chi connectivity index (χ0v) is 17.0. The number of rotatable bonds is 7. The van der Waals surface area contributed by atoms with Crippen molar-refractivity contribution in [3.8, 4) is 16.9 Å². The van der Waals surface area contributed by atoms with Gasteiger partial charge in [0.2, 0.25) is 5.91 Å².